The lowest BCUT2D eigenvalue weighted by molar-refractivity contribution is -0.138. The molecule has 0 N–H and O–H groups in total. The largest absolute Gasteiger partial charge is 0.493 e. The number of hydrogen-bond donors (Lipinski definition) is 0. The molecule has 3 rings (SSSR count). The molecule has 2 aromatic rings. The van der Waals surface area contributed by atoms with Gasteiger partial charge in [0.2, 0.25) is 0 Å². The summed E-state index contributed by atoms with van der Waals surface area (Å²) < 4.78 is 10.9. The van der Waals surface area contributed by atoms with Gasteiger partial charge in [-0.1, -0.05) is 26.0 Å². The van der Waals surface area contributed by atoms with E-state index in [0.29, 0.717) is 49.1 Å². The molecule has 7 nitrogen and oxygen atoms in total. The summed E-state index contributed by atoms with van der Waals surface area (Å²) in [5.41, 5.74) is 2.72. The average Bonchev–Trinajstić information content (AvgIpc) is 3.07. The standard InChI is InChI=1S/C26H33N3O4/c1-5-28(15-12-20-10-13-27-14-11-20)24-23(25(30)29(26(24)31)16-17-32-4)21-6-8-22(9-7-21)33-18-19(2)3/h6-11,13-14,19H,5,12,15-18H2,1-4H3. The van der Waals surface area contributed by atoms with Gasteiger partial charge in [-0.05, 0) is 54.7 Å². The number of carbonyl (C=O) groups is 2. The molecule has 0 radical (unpaired) electrons. The fourth-order valence-electron chi connectivity index (χ4n) is 3.72. The Balaban J connectivity index is 1.92. The first-order chi connectivity index (χ1) is 16.0. The number of rotatable bonds is 12. The van der Waals surface area contributed by atoms with Crippen molar-refractivity contribution in [1.29, 1.82) is 0 Å². The van der Waals surface area contributed by atoms with Gasteiger partial charge < -0.3 is 14.4 Å². The van der Waals surface area contributed by atoms with Crippen LogP contribution >= 0.6 is 0 Å². The van der Waals surface area contributed by atoms with Crippen LogP contribution in [-0.2, 0) is 20.7 Å². The third kappa shape index (κ3) is 5.99. The van der Waals surface area contributed by atoms with Crippen LogP contribution in [0.4, 0.5) is 0 Å². The van der Waals surface area contributed by atoms with Crippen molar-refractivity contribution >= 4 is 17.4 Å². The van der Waals surface area contributed by atoms with Crippen molar-refractivity contribution in [2.45, 2.75) is 27.2 Å². The number of benzene rings is 1. The number of likely N-dealkylation sites (N-methyl/N-ethyl adjacent to an activating group) is 1. The van der Waals surface area contributed by atoms with Crippen molar-refractivity contribution in [1.82, 2.24) is 14.8 Å². The van der Waals surface area contributed by atoms with Crippen LogP contribution in [0.1, 0.15) is 31.9 Å². The zero-order valence-corrected chi connectivity index (χ0v) is 19.9. The number of ether oxygens (including phenoxy) is 2. The SMILES string of the molecule is CCN(CCc1ccncc1)C1=C(c2ccc(OCC(C)C)cc2)C(=O)N(CCOC)C1=O. The monoisotopic (exact) mass is 451 g/mol. The fourth-order valence-corrected chi connectivity index (χ4v) is 3.72. The van der Waals surface area contributed by atoms with Gasteiger partial charge in [0, 0.05) is 32.6 Å². The summed E-state index contributed by atoms with van der Waals surface area (Å²) in [5, 5.41) is 0. The molecule has 1 aliphatic heterocycles. The van der Waals surface area contributed by atoms with Crippen LogP contribution < -0.4 is 4.74 Å². The molecule has 33 heavy (non-hydrogen) atoms. The number of pyridine rings is 1. The molecule has 176 valence electrons. The van der Waals surface area contributed by atoms with Gasteiger partial charge in [0.15, 0.2) is 0 Å². The highest BCUT2D eigenvalue weighted by atomic mass is 16.5. The number of methoxy groups -OCH3 is 1. The molecule has 1 aliphatic rings. The predicted molar refractivity (Wildman–Crippen MR) is 127 cm³/mol. The molecular formula is C26H33N3O4. The molecule has 7 heteroatoms. The van der Waals surface area contributed by atoms with Gasteiger partial charge in [-0.3, -0.25) is 19.5 Å². The molecule has 2 heterocycles. The molecule has 0 atom stereocenters. The Morgan fingerprint density at radius 2 is 1.73 bits per heavy atom. The summed E-state index contributed by atoms with van der Waals surface area (Å²) >= 11 is 0. The molecule has 0 unspecified atom stereocenters. The second-order valence-corrected chi connectivity index (χ2v) is 8.39. The van der Waals surface area contributed by atoms with Gasteiger partial charge in [-0.2, -0.15) is 0 Å². The highest BCUT2D eigenvalue weighted by Gasteiger charge is 2.40. The van der Waals surface area contributed by atoms with Gasteiger partial charge in [0.25, 0.3) is 11.8 Å². The third-order valence-electron chi connectivity index (χ3n) is 5.51. The molecule has 1 aromatic heterocycles. The summed E-state index contributed by atoms with van der Waals surface area (Å²) in [5.74, 6) is 0.600. The van der Waals surface area contributed by atoms with Gasteiger partial charge in [0.05, 0.1) is 25.3 Å². The van der Waals surface area contributed by atoms with Crippen molar-refractivity contribution in [3.05, 3.63) is 65.6 Å². The minimum Gasteiger partial charge on any atom is -0.493 e. The number of nitrogens with zero attached hydrogens (tertiary/aromatic N) is 3. The number of carbonyl (C=O) groups excluding carboxylic acids is 2. The fraction of sp³-hybridized carbons (Fsp3) is 0.423. The minimum absolute atomic E-state index is 0.221. The van der Waals surface area contributed by atoms with Gasteiger partial charge in [-0.25, -0.2) is 0 Å². The maximum atomic E-state index is 13.4. The van der Waals surface area contributed by atoms with Gasteiger partial charge in [0.1, 0.15) is 11.4 Å². The van der Waals surface area contributed by atoms with Crippen LogP contribution in [0.2, 0.25) is 0 Å². The molecule has 0 aliphatic carbocycles. The third-order valence-corrected chi connectivity index (χ3v) is 5.51. The lowest BCUT2D eigenvalue weighted by Gasteiger charge is -2.25. The molecule has 0 bridgehead atoms. The van der Waals surface area contributed by atoms with E-state index < -0.39 is 0 Å². The zero-order chi connectivity index (χ0) is 23.8. The number of amides is 2. The molecule has 0 saturated heterocycles. The lowest BCUT2D eigenvalue weighted by Crippen LogP contribution is -2.37. The maximum absolute atomic E-state index is 13.4. The summed E-state index contributed by atoms with van der Waals surface area (Å²) in [6.07, 6.45) is 4.26. The van der Waals surface area contributed by atoms with Crippen LogP contribution in [0, 0.1) is 5.92 Å². The van der Waals surface area contributed by atoms with Crippen LogP contribution in [0.5, 0.6) is 5.75 Å². The van der Waals surface area contributed by atoms with Crippen LogP contribution in [0.25, 0.3) is 5.57 Å². The number of aromatic nitrogens is 1. The van der Waals surface area contributed by atoms with E-state index in [9.17, 15) is 9.59 Å². The Hall–Kier alpha value is -3.19. The minimum atomic E-state index is -0.287. The van der Waals surface area contributed by atoms with E-state index in [1.54, 1.807) is 19.5 Å². The van der Waals surface area contributed by atoms with Crippen molar-refractivity contribution in [3.63, 3.8) is 0 Å². The highest BCUT2D eigenvalue weighted by molar-refractivity contribution is 6.35. The number of hydrogen-bond acceptors (Lipinski definition) is 6. The second kappa shape index (κ2) is 11.6. The van der Waals surface area contributed by atoms with E-state index in [-0.39, 0.29) is 18.4 Å². The topological polar surface area (TPSA) is 72.0 Å². The van der Waals surface area contributed by atoms with Crippen LogP contribution in [-0.4, -0.2) is 66.6 Å². The quantitative estimate of drug-likeness (QED) is 0.461. The van der Waals surface area contributed by atoms with E-state index in [0.717, 1.165) is 17.7 Å². The highest BCUT2D eigenvalue weighted by Crippen LogP contribution is 2.32. The molecule has 2 amide bonds. The first-order valence-electron chi connectivity index (χ1n) is 11.4. The predicted octanol–water partition coefficient (Wildman–Crippen LogP) is 3.41. The van der Waals surface area contributed by atoms with Crippen LogP contribution in [0.15, 0.2) is 54.5 Å². The summed E-state index contributed by atoms with van der Waals surface area (Å²) in [6.45, 7) is 8.54. The molecular weight excluding hydrogens is 418 g/mol. The zero-order valence-electron chi connectivity index (χ0n) is 19.9. The van der Waals surface area contributed by atoms with Crippen molar-refractivity contribution in [2.24, 2.45) is 5.92 Å². The van der Waals surface area contributed by atoms with Gasteiger partial charge >= 0.3 is 0 Å². The first-order valence-corrected chi connectivity index (χ1v) is 11.4. The summed E-state index contributed by atoms with van der Waals surface area (Å²) in [7, 11) is 1.56. The summed E-state index contributed by atoms with van der Waals surface area (Å²) in [6, 6.07) is 11.3. The Morgan fingerprint density at radius 1 is 1.03 bits per heavy atom. The van der Waals surface area contributed by atoms with Crippen molar-refractivity contribution in [3.8, 4) is 5.75 Å². The Labute approximate surface area is 196 Å². The van der Waals surface area contributed by atoms with E-state index in [4.69, 9.17) is 9.47 Å². The molecule has 1 aromatic carbocycles. The summed E-state index contributed by atoms with van der Waals surface area (Å²) in [4.78, 5) is 34.1. The van der Waals surface area contributed by atoms with Crippen molar-refractivity contribution < 1.29 is 19.1 Å². The molecule has 0 fully saturated rings. The molecule has 0 spiro atoms. The van der Waals surface area contributed by atoms with Gasteiger partial charge in [-0.15, -0.1) is 0 Å². The van der Waals surface area contributed by atoms with Crippen molar-refractivity contribution in [2.75, 3.05) is 40.0 Å². The Kier molecular flexibility index (Phi) is 8.60. The first kappa shape index (κ1) is 24.5. The van der Waals surface area contributed by atoms with Crippen LogP contribution in [0.3, 0.4) is 0 Å². The molecule has 0 saturated carbocycles. The maximum Gasteiger partial charge on any atom is 0.277 e. The number of imide groups is 1. The normalized spacial score (nSPS) is 13.9. The average molecular weight is 452 g/mol. The lowest BCUT2D eigenvalue weighted by atomic mass is 10.0. The smallest absolute Gasteiger partial charge is 0.277 e. The van der Waals surface area contributed by atoms with E-state index in [1.807, 2.05) is 48.2 Å². The Morgan fingerprint density at radius 3 is 2.33 bits per heavy atom. The second-order valence-electron chi connectivity index (χ2n) is 8.39. The van der Waals surface area contributed by atoms with E-state index >= 15 is 0 Å². The Bertz CT molecular complexity index is 971. The van der Waals surface area contributed by atoms with E-state index in [1.165, 1.54) is 4.90 Å². The van der Waals surface area contributed by atoms with E-state index in [2.05, 4.69) is 18.8 Å².